The normalized spacial score (nSPS) is 14.4. The lowest BCUT2D eigenvalue weighted by molar-refractivity contribution is 0.590. The zero-order valence-corrected chi connectivity index (χ0v) is 19.0. The van der Waals surface area contributed by atoms with Crippen LogP contribution in [0.4, 0.5) is 11.4 Å². The number of aryl methyl sites for hydroxylation is 1. The highest BCUT2D eigenvalue weighted by molar-refractivity contribution is 7.92. The van der Waals surface area contributed by atoms with Gasteiger partial charge in [-0.15, -0.1) is 0 Å². The van der Waals surface area contributed by atoms with Crippen molar-refractivity contribution < 1.29 is 8.42 Å². The van der Waals surface area contributed by atoms with Gasteiger partial charge in [0.1, 0.15) is 5.65 Å². The van der Waals surface area contributed by atoms with Gasteiger partial charge in [0.05, 0.1) is 17.3 Å². The highest BCUT2D eigenvalue weighted by atomic mass is 32.2. The molecular formula is C23H26N6O2S. The third kappa shape index (κ3) is 3.33. The van der Waals surface area contributed by atoms with Crippen LogP contribution in [0.3, 0.4) is 0 Å². The van der Waals surface area contributed by atoms with Crippen molar-refractivity contribution in [2.75, 3.05) is 29.3 Å². The second kappa shape index (κ2) is 7.98. The van der Waals surface area contributed by atoms with Gasteiger partial charge >= 0.3 is 0 Å². The summed E-state index contributed by atoms with van der Waals surface area (Å²) in [5.41, 5.74) is 4.56. The third-order valence-corrected chi connectivity index (χ3v) is 7.86. The first kappa shape index (κ1) is 20.6. The van der Waals surface area contributed by atoms with Crippen molar-refractivity contribution in [2.24, 2.45) is 0 Å². The molecule has 0 saturated carbocycles. The van der Waals surface area contributed by atoms with Crippen LogP contribution in [-0.2, 0) is 16.6 Å². The molecule has 1 N–H and O–H groups in total. The highest BCUT2D eigenvalue weighted by Crippen LogP contribution is 2.39. The number of sulfonamides is 1. The third-order valence-electron chi connectivity index (χ3n) is 6.16. The molecule has 32 heavy (non-hydrogen) atoms. The molecule has 3 aromatic heterocycles. The average Bonchev–Trinajstić information content (AvgIpc) is 3.59. The van der Waals surface area contributed by atoms with Gasteiger partial charge in [-0.3, -0.25) is 9.40 Å². The maximum Gasteiger partial charge on any atom is 0.281 e. The van der Waals surface area contributed by atoms with Crippen molar-refractivity contribution in [3.05, 3.63) is 55.0 Å². The summed E-state index contributed by atoms with van der Waals surface area (Å²) in [5, 5.41) is 7.25. The fourth-order valence-electron chi connectivity index (χ4n) is 4.43. The zero-order chi connectivity index (χ0) is 22.3. The summed E-state index contributed by atoms with van der Waals surface area (Å²) >= 11 is 0. The highest BCUT2D eigenvalue weighted by Gasteiger charge is 2.26. The predicted molar refractivity (Wildman–Crippen MR) is 126 cm³/mol. The lowest BCUT2D eigenvalue weighted by Gasteiger charge is -2.20. The van der Waals surface area contributed by atoms with Crippen molar-refractivity contribution in [2.45, 2.75) is 31.3 Å². The van der Waals surface area contributed by atoms with E-state index in [1.165, 1.54) is 35.1 Å². The van der Waals surface area contributed by atoms with Gasteiger partial charge in [0.15, 0.2) is 5.03 Å². The van der Waals surface area contributed by atoms with Crippen molar-refractivity contribution in [3.63, 3.8) is 0 Å². The van der Waals surface area contributed by atoms with Crippen molar-refractivity contribution >= 4 is 32.4 Å². The molecular weight excluding hydrogens is 424 g/mol. The fraction of sp³-hybridized carbons (Fsp3) is 0.304. The monoisotopic (exact) mass is 450 g/mol. The molecule has 0 amide bonds. The van der Waals surface area contributed by atoms with Crippen molar-refractivity contribution in [1.29, 1.82) is 0 Å². The number of aromatic amines is 1. The molecule has 1 aromatic carbocycles. The van der Waals surface area contributed by atoms with E-state index in [4.69, 9.17) is 0 Å². The summed E-state index contributed by atoms with van der Waals surface area (Å²) in [6.45, 7) is 4.93. The summed E-state index contributed by atoms with van der Waals surface area (Å²) in [5.74, 6) is 0. The standard InChI is InChI=1S/C23H26N6O2S/c1-3-28-16-19(17-7-6-8-18(15-17)29-13-4-5-14-29)22-20(9-11-24-23(22)28)27(2)32(30,31)21-10-12-25-26-21/h6-12,15-16H,3-5,13-14H2,1-2H3,(H,25,26). The zero-order valence-electron chi connectivity index (χ0n) is 18.2. The number of fused-ring (bicyclic) bond motifs is 1. The minimum absolute atomic E-state index is 0.0532. The van der Waals surface area contributed by atoms with E-state index in [-0.39, 0.29) is 5.03 Å². The Morgan fingerprint density at radius 3 is 2.66 bits per heavy atom. The average molecular weight is 451 g/mol. The number of pyridine rings is 1. The fourth-order valence-corrected chi connectivity index (χ4v) is 5.54. The van der Waals surface area contributed by atoms with E-state index in [1.54, 1.807) is 19.3 Å². The number of anilines is 2. The van der Waals surface area contributed by atoms with Gasteiger partial charge in [0, 0.05) is 50.3 Å². The maximum absolute atomic E-state index is 13.2. The quantitative estimate of drug-likeness (QED) is 0.482. The Hall–Kier alpha value is -3.33. The number of benzene rings is 1. The molecule has 4 aromatic rings. The first-order chi connectivity index (χ1) is 15.5. The first-order valence-electron chi connectivity index (χ1n) is 10.8. The largest absolute Gasteiger partial charge is 0.372 e. The van der Waals surface area contributed by atoms with E-state index < -0.39 is 10.0 Å². The van der Waals surface area contributed by atoms with Crippen LogP contribution in [0, 0.1) is 0 Å². The van der Waals surface area contributed by atoms with Gasteiger partial charge in [-0.25, -0.2) is 4.98 Å². The number of rotatable bonds is 6. The number of nitrogens with one attached hydrogen (secondary N) is 1. The molecule has 5 rings (SSSR count). The number of hydrogen-bond donors (Lipinski definition) is 1. The summed E-state index contributed by atoms with van der Waals surface area (Å²) in [4.78, 5) is 7.00. The Morgan fingerprint density at radius 1 is 1.12 bits per heavy atom. The molecule has 8 nitrogen and oxygen atoms in total. The van der Waals surface area contributed by atoms with Crippen LogP contribution in [-0.4, -0.2) is 48.3 Å². The predicted octanol–water partition coefficient (Wildman–Crippen LogP) is 3.87. The SMILES string of the molecule is CCn1cc(-c2cccc(N3CCCC3)c2)c2c(N(C)S(=O)(=O)c3ccn[nH]3)ccnc21. The molecule has 4 heterocycles. The molecule has 0 spiro atoms. The molecule has 0 unspecified atom stereocenters. The van der Waals surface area contributed by atoms with Gasteiger partial charge in [0.25, 0.3) is 10.0 Å². The molecule has 1 saturated heterocycles. The van der Waals surface area contributed by atoms with Crippen molar-refractivity contribution in [1.82, 2.24) is 19.7 Å². The van der Waals surface area contributed by atoms with Gasteiger partial charge in [-0.2, -0.15) is 13.5 Å². The maximum atomic E-state index is 13.2. The molecule has 9 heteroatoms. The van der Waals surface area contributed by atoms with Crippen LogP contribution >= 0.6 is 0 Å². The number of H-pyrrole nitrogens is 1. The Morgan fingerprint density at radius 2 is 1.94 bits per heavy atom. The summed E-state index contributed by atoms with van der Waals surface area (Å²) < 4.78 is 29.8. The van der Waals surface area contributed by atoms with Crippen LogP contribution in [0.2, 0.25) is 0 Å². The van der Waals surface area contributed by atoms with Crippen LogP contribution in [0.1, 0.15) is 19.8 Å². The van der Waals surface area contributed by atoms with E-state index in [1.807, 2.05) is 0 Å². The van der Waals surface area contributed by atoms with E-state index in [2.05, 4.69) is 62.0 Å². The van der Waals surface area contributed by atoms with E-state index in [9.17, 15) is 8.42 Å². The number of aromatic nitrogens is 4. The van der Waals surface area contributed by atoms with Crippen LogP contribution in [0.15, 0.2) is 60.0 Å². The summed E-state index contributed by atoms with van der Waals surface area (Å²) in [7, 11) is -2.22. The Labute approximate surface area is 187 Å². The van der Waals surface area contributed by atoms with Crippen LogP contribution in [0.5, 0.6) is 0 Å². The summed E-state index contributed by atoms with van der Waals surface area (Å²) in [6, 6.07) is 11.7. The van der Waals surface area contributed by atoms with Gasteiger partial charge in [-0.05, 0) is 49.6 Å². The molecule has 1 aliphatic heterocycles. The van der Waals surface area contributed by atoms with Crippen LogP contribution < -0.4 is 9.21 Å². The first-order valence-corrected chi connectivity index (χ1v) is 12.3. The summed E-state index contributed by atoms with van der Waals surface area (Å²) in [6.07, 6.45) is 7.59. The molecule has 166 valence electrons. The minimum Gasteiger partial charge on any atom is -0.372 e. The number of hydrogen-bond acceptors (Lipinski definition) is 5. The van der Waals surface area contributed by atoms with E-state index >= 15 is 0 Å². The molecule has 1 fully saturated rings. The topological polar surface area (TPSA) is 87.1 Å². The Bertz CT molecular complexity index is 1350. The molecule has 0 radical (unpaired) electrons. The minimum atomic E-state index is -3.79. The smallest absolute Gasteiger partial charge is 0.281 e. The molecule has 0 atom stereocenters. The second-order valence-corrected chi connectivity index (χ2v) is 9.93. The lowest BCUT2D eigenvalue weighted by atomic mass is 10.0. The molecule has 0 aliphatic carbocycles. The van der Waals surface area contributed by atoms with Crippen molar-refractivity contribution in [3.8, 4) is 11.1 Å². The van der Waals surface area contributed by atoms with Gasteiger partial charge < -0.3 is 9.47 Å². The molecule has 0 bridgehead atoms. The van der Waals surface area contributed by atoms with E-state index in [0.29, 0.717) is 5.69 Å². The van der Waals surface area contributed by atoms with E-state index in [0.717, 1.165) is 41.8 Å². The van der Waals surface area contributed by atoms with Crippen LogP contribution in [0.25, 0.3) is 22.2 Å². The Kier molecular flexibility index (Phi) is 5.13. The van der Waals surface area contributed by atoms with Gasteiger partial charge in [0.2, 0.25) is 0 Å². The lowest BCUT2D eigenvalue weighted by Crippen LogP contribution is -2.27. The number of nitrogens with zero attached hydrogens (tertiary/aromatic N) is 5. The second-order valence-electron chi connectivity index (χ2n) is 8.00. The molecule has 1 aliphatic rings. The Balaban J connectivity index is 1.69. The van der Waals surface area contributed by atoms with Gasteiger partial charge in [-0.1, -0.05) is 12.1 Å².